The lowest BCUT2D eigenvalue weighted by Gasteiger charge is -2.29. The van der Waals surface area contributed by atoms with Crippen LogP contribution >= 0.6 is 0 Å². The number of rotatable bonds is 19. The Morgan fingerprint density at radius 3 is 2.30 bits per heavy atom. The van der Waals surface area contributed by atoms with Crippen LogP contribution in [-0.4, -0.2) is 99.9 Å². The Morgan fingerprint density at radius 2 is 1.57 bits per heavy atom. The van der Waals surface area contributed by atoms with Gasteiger partial charge in [0.1, 0.15) is 6.04 Å². The lowest BCUT2D eigenvalue weighted by Crippen LogP contribution is -2.52. The molecule has 2 aliphatic rings. The molecule has 5 amide bonds. The number of hydrogen-bond donors (Lipinski definition) is 6. The van der Waals surface area contributed by atoms with Gasteiger partial charge in [-0.25, -0.2) is 0 Å². The lowest BCUT2D eigenvalue weighted by molar-refractivity contribution is -0.137. The fraction of sp³-hybridized carbons (Fsp3) is 0.452. The number of nitrogens with one attached hydrogen (secondary N) is 5. The predicted molar refractivity (Wildman–Crippen MR) is 167 cm³/mol. The summed E-state index contributed by atoms with van der Waals surface area (Å²) in [5.41, 5.74) is 7.93. The third-order valence-corrected chi connectivity index (χ3v) is 7.32. The van der Waals surface area contributed by atoms with Gasteiger partial charge in [-0.2, -0.15) is 0 Å². The van der Waals surface area contributed by atoms with Crippen molar-refractivity contribution in [2.75, 3.05) is 70.0 Å². The van der Waals surface area contributed by atoms with Crippen molar-refractivity contribution >= 4 is 40.9 Å². The van der Waals surface area contributed by atoms with Crippen LogP contribution in [0.15, 0.2) is 42.5 Å². The number of hydrogen-bond acceptors (Lipinski definition) is 11. The van der Waals surface area contributed by atoms with Crippen molar-refractivity contribution in [1.29, 1.82) is 0 Å². The van der Waals surface area contributed by atoms with Gasteiger partial charge in [0.2, 0.25) is 23.6 Å². The zero-order chi connectivity index (χ0) is 32.7. The highest BCUT2D eigenvalue weighted by molar-refractivity contribution is 6.09. The van der Waals surface area contributed by atoms with Crippen molar-refractivity contribution in [2.45, 2.75) is 32.0 Å². The molecule has 2 aliphatic heterocycles. The van der Waals surface area contributed by atoms with Gasteiger partial charge in [-0.05, 0) is 23.6 Å². The first-order valence-electron chi connectivity index (χ1n) is 15.2. The average Bonchev–Trinajstić information content (AvgIpc) is 3.39. The van der Waals surface area contributed by atoms with Gasteiger partial charge in [0, 0.05) is 26.1 Å². The summed E-state index contributed by atoms with van der Waals surface area (Å²) < 4.78 is 15.8. The molecular formula is C31H41N7O8. The number of carbonyl (C=O) groups is 5. The highest BCUT2D eigenvalue weighted by atomic mass is 16.5. The molecular weight excluding hydrogens is 598 g/mol. The minimum Gasteiger partial charge on any atom is -0.377 e. The van der Waals surface area contributed by atoms with Crippen molar-refractivity contribution in [2.24, 2.45) is 5.73 Å². The van der Waals surface area contributed by atoms with E-state index in [0.717, 1.165) is 5.56 Å². The molecule has 0 spiro atoms. The monoisotopic (exact) mass is 639 g/mol. The van der Waals surface area contributed by atoms with Crippen molar-refractivity contribution in [3.05, 3.63) is 59.2 Å². The SMILES string of the molecule is NCOCCOCCOCCNC(=O)CNc1c(NCC(=O)NCc2ccccc2)ccc2c1C(=O)N(C1CCC(=O)NC1=O)C2. The van der Waals surface area contributed by atoms with E-state index in [1.807, 2.05) is 30.3 Å². The number of imide groups is 1. The molecule has 0 aromatic heterocycles. The largest absolute Gasteiger partial charge is 0.377 e. The fourth-order valence-corrected chi connectivity index (χ4v) is 5.03. The van der Waals surface area contributed by atoms with Gasteiger partial charge in [0.25, 0.3) is 5.91 Å². The summed E-state index contributed by atoms with van der Waals surface area (Å²) in [6, 6.07) is 12.2. The van der Waals surface area contributed by atoms with Gasteiger partial charge in [0.15, 0.2) is 0 Å². The number of carbonyl (C=O) groups excluding carboxylic acids is 5. The fourth-order valence-electron chi connectivity index (χ4n) is 5.03. The van der Waals surface area contributed by atoms with Gasteiger partial charge in [-0.3, -0.25) is 29.3 Å². The van der Waals surface area contributed by atoms with Crippen LogP contribution in [0.4, 0.5) is 11.4 Å². The summed E-state index contributed by atoms with van der Waals surface area (Å²) in [6.45, 7) is 2.51. The first kappa shape index (κ1) is 34.3. The Hall–Kier alpha value is -4.57. The van der Waals surface area contributed by atoms with E-state index >= 15 is 0 Å². The molecule has 15 heteroatoms. The number of amides is 5. The highest BCUT2D eigenvalue weighted by Gasteiger charge is 2.40. The standard InChI is InChI=1S/C31H41N7O8/c32-20-46-15-14-45-13-12-44-11-10-33-26(40)18-36-29-23(34-17-27(41)35-16-21-4-2-1-3-5-21)7-6-22-19-38(31(43)28(22)29)24-8-9-25(39)37-30(24)42/h1-7,24,34,36H,8-20,32H2,(H,33,40)(H,35,41)(H,37,39,42). The van der Waals surface area contributed by atoms with Crippen LogP contribution in [0.25, 0.3) is 0 Å². The molecule has 1 unspecified atom stereocenters. The topological polar surface area (TPSA) is 202 Å². The molecule has 0 saturated carbocycles. The molecule has 4 rings (SSSR count). The van der Waals surface area contributed by atoms with Crippen LogP contribution < -0.4 is 32.3 Å². The minimum atomic E-state index is -0.793. The Labute approximate surface area is 266 Å². The lowest BCUT2D eigenvalue weighted by atomic mass is 10.0. The number of anilines is 2. The van der Waals surface area contributed by atoms with E-state index in [1.165, 1.54) is 4.90 Å². The summed E-state index contributed by atoms with van der Waals surface area (Å²) in [7, 11) is 0. The van der Waals surface area contributed by atoms with Gasteiger partial charge < -0.3 is 46.1 Å². The number of ether oxygens (including phenoxy) is 3. The molecule has 0 aliphatic carbocycles. The molecule has 2 aromatic carbocycles. The molecule has 7 N–H and O–H groups in total. The molecule has 2 heterocycles. The van der Waals surface area contributed by atoms with Crippen LogP contribution in [0.1, 0.15) is 34.3 Å². The zero-order valence-electron chi connectivity index (χ0n) is 25.6. The van der Waals surface area contributed by atoms with E-state index in [0.29, 0.717) is 55.5 Å². The second-order valence-electron chi connectivity index (χ2n) is 10.5. The van der Waals surface area contributed by atoms with E-state index in [-0.39, 0.29) is 70.1 Å². The number of benzene rings is 2. The third-order valence-electron chi connectivity index (χ3n) is 7.32. The van der Waals surface area contributed by atoms with E-state index in [9.17, 15) is 24.0 Å². The second kappa shape index (κ2) is 17.8. The normalized spacial score (nSPS) is 15.7. The number of nitrogens with two attached hydrogens (primary N) is 1. The zero-order valence-corrected chi connectivity index (χ0v) is 25.6. The molecule has 0 radical (unpaired) electrons. The molecule has 1 saturated heterocycles. The maximum atomic E-state index is 13.7. The molecule has 2 aromatic rings. The molecule has 1 fully saturated rings. The van der Waals surface area contributed by atoms with Gasteiger partial charge in [-0.1, -0.05) is 36.4 Å². The maximum Gasteiger partial charge on any atom is 0.257 e. The van der Waals surface area contributed by atoms with Crippen molar-refractivity contribution in [3.63, 3.8) is 0 Å². The maximum absolute atomic E-state index is 13.7. The van der Waals surface area contributed by atoms with E-state index in [2.05, 4.69) is 26.6 Å². The quantitative estimate of drug-likeness (QED) is 0.0668. The first-order chi connectivity index (χ1) is 22.4. The van der Waals surface area contributed by atoms with Crippen LogP contribution in [0, 0.1) is 0 Å². The Bertz CT molecular complexity index is 1370. The van der Waals surface area contributed by atoms with Crippen LogP contribution in [0.2, 0.25) is 0 Å². The predicted octanol–water partition coefficient (Wildman–Crippen LogP) is -0.330. The molecule has 15 nitrogen and oxygen atoms in total. The summed E-state index contributed by atoms with van der Waals surface area (Å²) in [6.07, 6.45) is 0.354. The molecule has 46 heavy (non-hydrogen) atoms. The summed E-state index contributed by atoms with van der Waals surface area (Å²) in [5.74, 6) is -1.90. The smallest absolute Gasteiger partial charge is 0.257 e. The van der Waals surface area contributed by atoms with Crippen molar-refractivity contribution in [1.82, 2.24) is 20.9 Å². The average molecular weight is 640 g/mol. The van der Waals surface area contributed by atoms with E-state index < -0.39 is 17.9 Å². The summed E-state index contributed by atoms with van der Waals surface area (Å²) in [5, 5.41) is 14.0. The summed E-state index contributed by atoms with van der Waals surface area (Å²) in [4.78, 5) is 64.6. The summed E-state index contributed by atoms with van der Waals surface area (Å²) >= 11 is 0. The first-order valence-corrected chi connectivity index (χ1v) is 15.2. The van der Waals surface area contributed by atoms with Crippen LogP contribution in [0.3, 0.4) is 0 Å². The van der Waals surface area contributed by atoms with Crippen molar-refractivity contribution < 1.29 is 38.2 Å². The number of fused-ring (bicyclic) bond motifs is 1. The third kappa shape index (κ3) is 9.97. The van der Waals surface area contributed by atoms with Gasteiger partial charge >= 0.3 is 0 Å². The van der Waals surface area contributed by atoms with Gasteiger partial charge in [-0.15, -0.1) is 0 Å². The molecule has 0 bridgehead atoms. The van der Waals surface area contributed by atoms with Gasteiger partial charge in [0.05, 0.1) is 69.8 Å². The van der Waals surface area contributed by atoms with Crippen LogP contribution in [0.5, 0.6) is 0 Å². The Kier molecular flexibility index (Phi) is 13.3. The van der Waals surface area contributed by atoms with Crippen molar-refractivity contribution in [3.8, 4) is 0 Å². The Morgan fingerprint density at radius 1 is 0.870 bits per heavy atom. The number of piperidine rings is 1. The number of nitrogens with zero attached hydrogens (tertiary/aromatic N) is 1. The van der Waals surface area contributed by atoms with E-state index in [1.54, 1.807) is 12.1 Å². The van der Waals surface area contributed by atoms with E-state index in [4.69, 9.17) is 19.9 Å². The highest BCUT2D eigenvalue weighted by Crippen LogP contribution is 2.37. The Balaban J connectivity index is 1.35. The second-order valence-corrected chi connectivity index (χ2v) is 10.5. The van der Waals surface area contributed by atoms with Crippen LogP contribution in [-0.2, 0) is 46.5 Å². The molecule has 1 atom stereocenters. The minimum absolute atomic E-state index is 0.0847. The molecule has 248 valence electrons.